The molecule has 1 aliphatic rings. The van der Waals surface area contributed by atoms with Gasteiger partial charge in [-0.1, -0.05) is 19.1 Å². The first-order chi connectivity index (χ1) is 23.0. The average Bonchev–Trinajstić information content (AvgIpc) is 3.75. The predicted octanol–water partition coefficient (Wildman–Crippen LogP) is 2.29. The summed E-state index contributed by atoms with van der Waals surface area (Å²) < 4.78 is 49.4. The Labute approximate surface area is 272 Å². The minimum absolute atomic E-state index is 0.225. The van der Waals surface area contributed by atoms with Crippen LogP contribution in [-0.2, 0) is 18.1 Å². The minimum Gasteiger partial charge on any atom is -0.391 e. The summed E-state index contributed by atoms with van der Waals surface area (Å²) >= 11 is 0. The highest BCUT2D eigenvalue weighted by Gasteiger charge is 2.56. The topological polar surface area (TPSA) is 156 Å². The second-order valence-electron chi connectivity index (χ2n) is 11.6. The first-order valence-corrected chi connectivity index (χ1v) is 15.4. The van der Waals surface area contributed by atoms with Crippen LogP contribution >= 0.6 is 0 Å². The number of anilines is 2. The first kappa shape index (κ1) is 32.8. The SMILES string of the molecule is CC[C@@H]([C@H](C)O)n1ncn(-c2ccc(N3CCN(c4ccc(C(F)(F)C(O)(Cn5cnnn5)c5ccc(F)cc5)nc4)CC3)cn2)c1=O. The standard InChI is InChI=1S/C31H34F3N11O3/c1-3-26(21(2)46)45-29(47)44(20-38-45)28-11-9-25(17-36-28)42-14-12-41(13-15-42)24-8-10-27(35-16-24)31(33,34)30(48,18-43-19-37-39-40-43)22-4-6-23(32)7-5-22/h4-11,16-17,19-21,26,46,48H,3,12-15,18H2,1-2H3/t21-,26-,30?/m0/s1. The molecule has 14 nitrogen and oxygen atoms in total. The van der Waals surface area contributed by atoms with Gasteiger partial charge in [-0.2, -0.15) is 13.9 Å². The lowest BCUT2D eigenvalue weighted by atomic mass is 9.85. The average molecular weight is 666 g/mol. The van der Waals surface area contributed by atoms with Crippen molar-refractivity contribution in [3.8, 4) is 5.82 Å². The fourth-order valence-corrected chi connectivity index (χ4v) is 5.91. The molecule has 1 aliphatic heterocycles. The van der Waals surface area contributed by atoms with E-state index < -0.39 is 41.7 Å². The van der Waals surface area contributed by atoms with Crippen LogP contribution in [0.3, 0.4) is 0 Å². The Morgan fingerprint density at radius 1 is 0.917 bits per heavy atom. The van der Waals surface area contributed by atoms with Crippen LogP contribution in [0, 0.1) is 5.82 Å². The van der Waals surface area contributed by atoms with Gasteiger partial charge in [0, 0.05) is 26.2 Å². The molecule has 1 fully saturated rings. The summed E-state index contributed by atoms with van der Waals surface area (Å²) in [5.41, 5.74) is -2.64. The smallest absolute Gasteiger partial charge is 0.351 e. The van der Waals surface area contributed by atoms with Crippen molar-refractivity contribution in [1.82, 2.24) is 44.5 Å². The van der Waals surface area contributed by atoms with Gasteiger partial charge in [0.25, 0.3) is 0 Å². The maximum atomic E-state index is 16.1. The van der Waals surface area contributed by atoms with Crippen LogP contribution < -0.4 is 15.5 Å². The highest BCUT2D eigenvalue weighted by Crippen LogP contribution is 2.46. The van der Waals surface area contributed by atoms with Gasteiger partial charge in [-0.25, -0.2) is 28.1 Å². The Kier molecular flexibility index (Phi) is 8.98. The van der Waals surface area contributed by atoms with Crippen molar-refractivity contribution in [2.24, 2.45) is 0 Å². The lowest BCUT2D eigenvalue weighted by Crippen LogP contribution is -2.48. The zero-order chi connectivity index (χ0) is 34.1. The van der Waals surface area contributed by atoms with E-state index in [1.807, 2.05) is 17.9 Å². The highest BCUT2D eigenvalue weighted by molar-refractivity contribution is 5.51. The quantitative estimate of drug-likeness (QED) is 0.214. The molecule has 1 unspecified atom stereocenters. The molecule has 48 heavy (non-hydrogen) atoms. The van der Waals surface area contributed by atoms with E-state index in [9.17, 15) is 19.4 Å². The molecule has 4 aromatic heterocycles. The molecule has 252 valence electrons. The van der Waals surface area contributed by atoms with E-state index in [1.54, 1.807) is 19.2 Å². The molecule has 0 bridgehead atoms. The minimum atomic E-state index is -3.91. The van der Waals surface area contributed by atoms with Gasteiger partial charge in [-0.05, 0) is 65.7 Å². The molecular weight excluding hydrogens is 631 g/mol. The van der Waals surface area contributed by atoms with Gasteiger partial charge in [0.1, 0.15) is 30.0 Å². The molecule has 0 radical (unpaired) electrons. The molecule has 0 aliphatic carbocycles. The van der Waals surface area contributed by atoms with Crippen molar-refractivity contribution in [2.45, 2.75) is 50.5 Å². The van der Waals surface area contributed by atoms with Gasteiger partial charge in [0.2, 0.25) is 0 Å². The van der Waals surface area contributed by atoms with Gasteiger partial charge in [0.05, 0.1) is 42.5 Å². The van der Waals surface area contributed by atoms with Gasteiger partial charge in [-0.15, -0.1) is 5.10 Å². The zero-order valence-electron chi connectivity index (χ0n) is 26.2. The molecular formula is C31H34F3N11O3. The summed E-state index contributed by atoms with van der Waals surface area (Å²) in [5.74, 6) is -4.14. The number of aliphatic hydroxyl groups excluding tert-OH is 1. The summed E-state index contributed by atoms with van der Waals surface area (Å²) in [5, 5.41) is 36.2. The number of halogens is 3. The molecule has 17 heteroatoms. The summed E-state index contributed by atoms with van der Waals surface area (Å²) in [6.07, 6.45) is 5.32. The number of piperazine rings is 1. The second kappa shape index (κ2) is 13.2. The van der Waals surface area contributed by atoms with E-state index in [2.05, 4.69) is 35.5 Å². The summed E-state index contributed by atoms with van der Waals surface area (Å²) in [4.78, 5) is 25.6. The van der Waals surface area contributed by atoms with Crippen LogP contribution in [0.4, 0.5) is 24.5 Å². The van der Waals surface area contributed by atoms with Crippen molar-refractivity contribution in [3.05, 3.63) is 101 Å². The van der Waals surface area contributed by atoms with E-state index in [-0.39, 0.29) is 11.3 Å². The molecule has 1 aromatic carbocycles. The third-order valence-corrected chi connectivity index (χ3v) is 8.66. The third kappa shape index (κ3) is 6.13. The normalized spacial score (nSPS) is 16.5. The molecule has 2 N–H and O–H groups in total. The predicted molar refractivity (Wildman–Crippen MR) is 167 cm³/mol. The summed E-state index contributed by atoms with van der Waals surface area (Å²) in [6, 6.07) is 10.0. The Balaban J connectivity index is 1.13. The molecule has 0 saturated carbocycles. The fourth-order valence-electron chi connectivity index (χ4n) is 5.91. The Hall–Kier alpha value is -5.16. The van der Waals surface area contributed by atoms with Crippen LogP contribution in [0.25, 0.3) is 5.82 Å². The number of rotatable bonds is 11. The van der Waals surface area contributed by atoms with E-state index >= 15 is 8.78 Å². The van der Waals surface area contributed by atoms with Crippen LogP contribution in [0.1, 0.15) is 37.6 Å². The van der Waals surface area contributed by atoms with E-state index in [4.69, 9.17) is 0 Å². The summed E-state index contributed by atoms with van der Waals surface area (Å²) in [7, 11) is 0. The number of nitrogens with zero attached hydrogens (tertiary/aromatic N) is 11. The van der Waals surface area contributed by atoms with Gasteiger partial charge < -0.3 is 20.0 Å². The van der Waals surface area contributed by atoms with Crippen LogP contribution in [0.2, 0.25) is 0 Å². The lowest BCUT2D eigenvalue weighted by molar-refractivity contribution is -0.206. The fraction of sp³-hybridized carbons (Fsp3) is 0.387. The molecule has 0 amide bonds. The number of aromatic nitrogens is 9. The second-order valence-corrected chi connectivity index (χ2v) is 11.6. The number of pyridine rings is 2. The van der Waals surface area contributed by atoms with Crippen molar-refractivity contribution in [1.29, 1.82) is 0 Å². The van der Waals surface area contributed by atoms with Crippen molar-refractivity contribution >= 4 is 11.4 Å². The van der Waals surface area contributed by atoms with Gasteiger partial charge in [-0.3, -0.25) is 4.98 Å². The van der Waals surface area contributed by atoms with Gasteiger partial charge in [0.15, 0.2) is 5.60 Å². The van der Waals surface area contributed by atoms with E-state index in [0.717, 1.165) is 41.0 Å². The molecule has 1 saturated heterocycles. The molecule has 6 rings (SSSR count). The maximum absolute atomic E-state index is 16.1. The molecule has 5 aromatic rings. The van der Waals surface area contributed by atoms with Crippen LogP contribution in [0.5, 0.6) is 0 Å². The number of hydrogen-bond acceptors (Lipinski definition) is 11. The van der Waals surface area contributed by atoms with Crippen LogP contribution in [0.15, 0.2) is 78.4 Å². The number of hydrogen-bond donors (Lipinski definition) is 2. The number of tetrazole rings is 1. The number of alkyl halides is 2. The summed E-state index contributed by atoms with van der Waals surface area (Å²) in [6.45, 7) is 5.15. The largest absolute Gasteiger partial charge is 0.391 e. The zero-order valence-corrected chi connectivity index (χ0v) is 26.2. The first-order valence-electron chi connectivity index (χ1n) is 15.4. The maximum Gasteiger partial charge on any atom is 0.351 e. The molecule has 5 heterocycles. The number of aliphatic hydroxyl groups is 2. The number of benzene rings is 1. The lowest BCUT2D eigenvalue weighted by Gasteiger charge is -2.38. The Morgan fingerprint density at radius 2 is 1.56 bits per heavy atom. The van der Waals surface area contributed by atoms with E-state index in [1.165, 1.54) is 33.9 Å². The Bertz CT molecular complexity index is 1860. The van der Waals surface area contributed by atoms with Crippen molar-refractivity contribution in [2.75, 3.05) is 36.0 Å². The van der Waals surface area contributed by atoms with Crippen LogP contribution in [-0.4, -0.2) is 87.0 Å². The van der Waals surface area contributed by atoms with E-state index in [0.29, 0.717) is 44.1 Å². The third-order valence-electron chi connectivity index (χ3n) is 8.66. The van der Waals surface area contributed by atoms with Crippen molar-refractivity contribution < 1.29 is 23.4 Å². The Morgan fingerprint density at radius 3 is 2.08 bits per heavy atom. The van der Waals surface area contributed by atoms with Crippen molar-refractivity contribution in [3.63, 3.8) is 0 Å². The molecule has 3 atom stereocenters. The highest BCUT2D eigenvalue weighted by atomic mass is 19.3. The monoisotopic (exact) mass is 665 g/mol. The van der Waals surface area contributed by atoms with Gasteiger partial charge >= 0.3 is 11.6 Å². The molecule has 0 spiro atoms.